The monoisotopic (exact) mass is 476 g/mol. The predicted octanol–water partition coefficient (Wildman–Crippen LogP) is 3.00. The van der Waals surface area contributed by atoms with Crippen molar-refractivity contribution in [2.75, 3.05) is 24.2 Å². The van der Waals surface area contributed by atoms with Crippen LogP contribution in [0.25, 0.3) is 11.0 Å². The van der Waals surface area contributed by atoms with Crippen LogP contribution in [0, 0.1) is 6.92 Å². The van der Waals surface area contributed by atoms with Gasteiger partial charge < -0.3 is 9.88 Å². The lowest BCUT2D eigenvalue weighted by molar-refractivity contribution is -0.113. The second-order valence-corrected chi connectivity index (χ2v) is 10.8. The Morgan fingerprint density at radius 2 is 1.94 bits per heavy atom. The van der Waals surface area contributed by atoms with Crippen LogP contribution in [0.5, 0.6) is 0 Å². The molecular formula is C21H28N6O3S2. The molecule has 1 saturated heterocycles. The Kier molecular flexibility index (Phi) is 6.59. The lowest BCUT2D eigenvalue weighted by Gasteiger charge is -2.25. The van der Waals surface area contributed by atoms with Gasteiger partial charge in [0, 0.05) is 32.7 Å². The molecule has 0 atom stereocenters. The molecule has 0 spiro atoms. The number of amides is 1. The SMILES string of the molecule is CCn1c(SCC(=O)Nc2cc(C)nn2C)nc2cc(S(=O)(=O)N3CCCCC3)ccc21. The van der Waals surface area contributed by atoms with Gasteiger partial charge in [-0.25, -0.2) is 13.4 Å². The number of nitrogens with one attached hydrogen (secondary N) is 1. The largest absolute Gasteiger partial charge is 0.319 e. The highest BCUT2D eigenvalue weighted by Gasteiger charge is 2.26. The van der Waals surface area contributed by atoms with Gasteiger partial charge >= 0.3 is 0 Å². The van der Waals surface area contributed by atoms with E-state index in [1.807, 2.05) is 30.5 Å². The van der Waals surface area contributed by atoms with Gasteiger partial charge in [0.2, 0.25) is 15.9 Å². The number of aryl methyl sites for hydroxylation is 3. The molecule has 0 radical (unpaired) electrons. The fraction of sp³-hybridized carbons (Fsp3) is 0.476. The first kappa shape index (κ1) is 22.8. The molecule has 1 aliphatic rings. The molecule has 0 unspecified atom stereocenters. The normalized spacial score (nSPS) is 15.3. The maximum atomic E-state index is 13.0. The summed E-state index contributed by atoms with van der Waals surface area (Å²) < 4.78 is 31.3. The lowest BCUT2D eigenvalue weighted by Crippen LogP contribution is -2.35. The molecule has 1 fully saturated rings. The van der Waals surface area contributed by atoms with Crippen LogP contribution < -0.4 is 5.32 Å². The van der Waals surface area contributed by atoms with Gasteiger partial charge in [0.1, 0.15) is 5.82 Å². The van der Waals surface area contributed by atoms with Crippen molar-refractivity contribution in [3.05, 3.63) is 30.0 Å². The quantitative estimate of drug-likeness (QED) is 0.526. The Morgan fingerprint density at radius 3 is 2.59 bits per heavy atom. The van der Waals surface area contributed by atoms with Crippen LogP contribution in [0.2, 0.25) is 0 Å². The van der Waals surface area contributed by atoms with E-state index in [-0.39, 0.29) is 16.6 Å². The number of imidazole rings is 1. The van der Waals surface area contributed by atoms with Gasteiger partial charge in [0.15, 0.2) is 5.16 Å². The standard InChI is InChI=1S/C21H28N6O3S2/c1-4-27-18-9-8-16(32(29,30)26-10-6-5-7-11-26)13-17(18)22-21(27)31-14-20(28)23-19-12-15(2)24-25(19)3/h8-9,12-13H,4-7,10-11,14H2,1-3H3,(H,23,28). The number of fused-ring (bicyclic) bond motifs is 1. The van der Waals surface area contributed by atoms with Crippen molar-refractivity contribution >= 4 is 44.5 Å². The third kappa shape index (κ3) is 4.55. The summed E-state index contributed by atoms with van der Waals surface area (Å²) in [6.07, 6.45) is 2.86. The second-order valence-electron chi connectivity index (χ2n) is 7.89. The third-order valence-electron chi connectivity index (χ3n) is 5.56. The van der Waals surface area contributed by atoms with Gasteiger partial charge in [-0.3, -0.25) is 9.48 Å². The number of aromatic nitrogens is 4. The number of sulfonamides is 1. The lowest BCUT2D eigenvalue weighted by atomic mass is 10.2. The molecule has 2 aromatic heterocycles. The van der Waals surface area contributed by atoms with Crippen LogP contribution in [0.1, 0.15) is 31.9 Å². The number of hydrogen-bond acceptors (Lipinski definition) is 6. The van der Waals surface area contributed by atoms with Crippen molar-refractivity contribution in [3.63, 3.8) is 0 Å². The highest BCUT2D eigenvalue weighted by atomic mass is 32.2. The average Bonchev–Trinajstić information content (AvgIpc) is 3.30. The van der Waals surface area contributed by atoms with E-state index in [2.05, 4.69) is 15.4 Å². The number of hydrogen-bond donors (Lipinski definition) is 1. The molecule has 1 aromatic carbocycles. The number of benzene rings is 1. The number of thioether (sulfide) groups is 1. The van der Waals surface area contributed by atoms with E-state index in [1.54, 1.807) is 28.2 Å². The van der Waals surface area contributed by atoms with E-state index in [4.69, 9.17) is 0 Å². The predicted molar refractivity (Wildman–Crippen MR) is 125 cm³/mol. The summed E-state index contributed by atoms with van der Waals surface area (Å²) >= 11 is 1.33. The molecule has 1 aliphatic heterocycles. The smallest absolute Gasteiger partial charge is 0.243 e. The minimum atomic E-state index is -3.52. The Bertz CT molecular complexity index is 1240. The van der Waals surface area contributed by atoms with E-state index in [9.17, 15) is 13.2 Å². The number of carbonyl (C=O) groups is 1. The molecule has 4 rings (SSSR count). The summed E-state index contributed by atoms with van der Waals surface area (Å²) in [5.74, 6) is 0.678. The third-order valence-corrected chi connectivity index (χ3v) is 8.43. The topological polar surface area (TPSA) is 102 Å². The van der Waals surface area contributed by atoms with E-state index >= 15 is 0 Å². The van der Waals surface area contributed by atoms with Crippen LogP contribution in [-0.2, 0) is 28.4 Å². The summed E-state index contributed by atoms with van der Waals surface area (Å²) in [6, 6.07) is 6.93. The maximum Gasteiger partial charge on any atom is 0.243 e. The van der Waals surface area contributed by atoms with E-state index in [0.29, 0.717) is 36.1 Å². The zero-order valence-electron chi connectivity index (χ0n) is 18.5. The highest BCUT2D eigenvalue weighted by Crippen LogP contribution is 2.28. The number of carbonyl (C=O) groups excluding carboxylic acids is 1. The van der Waals surface area contributed by atoms with Crippen LogP contribution >= 0.6 is 11.8 Å². The Balaban J connectivity index is 1.53. The molecular weight excluding hydrogens is 448 g/mol. The van der Waals surface area contributed by atoms with Crippen molar-refractivity contribution in [2.24, 2.45) is 7.05 Å². The first-order valence-electron chi connectivity index (χ1n) is 10.7. The molecule has 1 amide bonds. The zero-order chi connectivity index (χ0) is 22.9. The average molecular weight is 477 g/mol. The molecule has 3 heterocycles. The Labute approximate surface area is 192 Å². The number of rotatable bonds is 7. The van der Waals surface area contributed by atoms with Crippen molar-refractivity contribution in [1.29, 1.82) is 0 Å². The zero-order valence-corrected chi connectivity index (χ0v) is 20.2. The van der Waals surface area contributed by atoms with E-state index in [0.717, 1.165) is 30.5 Å². The van der Waals surface area contributed by atoms with Crippen molar-refractivity contribution in [1.82, 2.24) is 23.6 Å². The minimum Gasteiger partial charge on any atom is -0.319 e. The fourth-order valence-electron chi connectivity index (χ4n) is 3.95. The van der Waals surface area contributed by atoms with Crippen LogP contribution in [0.4, 0.5) is 5.82 Å². The molecule has 3 aromatic rings. The first-order valence-corrected chi connectivity index (χ1v) is 13.2. The fourth-order valence-corrected chi connectivity index (χ4v) is 6.37. The van der Waals surface area contributed by atoms with Crippen molar-refractivity contribution < 1.29 is 13.2 Å². The van der Waals surface area contributed by atoms with E-state index < -0.39 is 10.0 Å². The summed E-state index contributed by atoms with van der Waals surface area (Å²) in [4.78, 5) is 17.3. The number of anilines is 1. The first-order chi connectivity index (χ1) is 15.3. The van der Waals surface area contributed by atoms with Crippen molar-refractivity contribution in [3.8, 4) is 0 Å². The summed E-state index contributed by atoms with van der Waals surface area (Å²) in [6.45, 7) is 5.67. The van der Waals surface area contributed by atoms with Crippen LogP contribution in [0.3, 0.4) is 0 Å². The molecule has 172 valence electrons. The van der Waals surface area contributed by atoms with Gasteiger partial charge in [-0.05, 0) is 44.9 Å². The molecule has 0 bridgehead atoms. The van der Waals surface area contributed by atoms with Gasteiger partial charge in [0.25, 0.3) is 0 Å². The molecule has 0 aliphatic carbocycles. The number of piperidine rings is 1. The van der Waals surface area contributed by atoms with Crippen LogP contribution in [0.15, 0.2) is 34.3 Å². The van der Waals surface area contributed by atoms with Gasteiger partial charge in [-0.15, -0.1) is 0 Å². The van der Waals surface area contributed by atoms with E-state index in [1.165, 1.54) is 11.8 Å². The van der Waals surface area contributed by atoms with Gasteiger partial charge in [-0.1, -0.05) is 18.2 Å². The summed E-state index contributed by atoms with van der Waals surface area (Å²) in [5, 5.41) is 7.77. The summed E-state index contributed by atoms with van der Waals surface area (Å²) in [7, 11) is -1.74. The minimum absolute atomic E-state index is 0.152. The molecule has 0 saturated carbocycles. The Morgan fingerprint density at radius 1 is 1.19 bits per heavy atom. The van der Waals surface area contributed by atoms with Gasteiger partial charge in [0.05, 0.1) is 27.4 Å². The summed E-state index contributed by atoms with van der Waals surface area (Å²) in [5.41, 5.74) is 2.31. The Hall–Kier alpha value is -2.37. The highest BCUT2D eigenvalue weighted by molar-refractivity contribution is 7.99. The molecule has 1 N–H and O–H groups in total. The molecule has 32 heavy (non-hydrogen) atoms. The van der Waals surface area contributed by atoms with Gasteiger partial charge in [-0.2, -0.15) is 9.40 Å². The second kappa shape index (κ2) is 9.24. The number of nitrogens with zero attached hydrogens (tertiary/aromatic N) is 5. The van der Waals surface area contributed by atoms with Crippen LogP contribution in [-0.4, -0.2) is 56.8 Å². The van der Waals surface area contributed by atoms with Crippen molar-refractivity contribution in [2.45, 2.75) is 49.7 Å². The molecule has 9 nitrogen and oxygen atoms in total. The maximum absolute atomic E-state index is 13.0. The molecule has 11 heteroatoms.